The number of nitrogens with zero attached hydrogens (tertiary/aromatic N) is 5. The van der Waals surface area contributed by atoms with Gasteiger partial charge in [0.15, 0.2) is 11.5 Å². The van der Waals surface area contributed by atoms with Gasteiger partial charge in [-0.3, -0.25) is 0 Å². The summed E-state index contributed by atoms with van der Waals surface area (Å²) in [6, 6.07) is 9.65. The number of halogens is 5. The number of hydrogen-bond donors (Lipinski definition) is 1. The van der Waals surface area contributed by atoms with Crippen molar-refractivity contribution in [2.24, 2.45) is 0 Å². The first-order valence-electron chi connectivity index (χ1n) is 8.98. The molecule has 4 aromatic rings. The Labute approximate surface area is 183 Å². The number of hydrogen-bond acceptors (Lipinski definition) is 6. The SMILES string of the molecule is COc1cccc(-c2cnc(Nc3ccc(F)c(Cl)c3)nc2-n2ccc(C(F)(F)F)n2)n1. The van der Waals surface area contributed by atoms with E-state index in [1.165, 1.54) is 25.4 Å². The normalized spacial score (nSPS) is 11.4. The number of methoxy groups -OCH3 is 1. The maximum atomic E-state index is 13.4. The fraction of sp³-hybridized carbons (Fsp3) is 0.100. The Morgan fingerprint density at radius 3 is 2.59 bits per heavy atom. The van der Waals surface area contributed by atoms with Crippen molar-refractivity contribution in [3.05, 3.63) is 71.4 Å². The van der Waals surface area contributed by atoms with Gasteiger partial charge in [-0.1, -0.05) is 17.7 Å². The van der Waals surface area contributed by atoms with E-state index in [-0.39, 0.29) is 16.8 Å². The second-order valence-corrected chi connectivity index (χ2v) is 6.80. The van der Waals surface area contributed by atoms with Crippen LogP contribution in [0.3, 0.4) is 0 Å². The molecule has 12 heteroatoms. The maximum Gasteiger partial charge on any atom is 0.435 e. The Kier molecular flexibility index (Phi) is 5.66. The van der Waals surface area contributed by atoms with E-state index < -0.39 is 17.7 Å². The van der Waals surface area contributed by atoms with Crippen molar-refractivity contribution in [1.29, 1.82) is 0 Å². The first kappa shape index (κ1) is 21.5. The van der Waals surface area contributed by atoms with Crippen LogP contribution in [0.1, 0.15) is 5.69 Å². The van der Waals surface area contributed by atoms with Crippen LogP contribution in [0.5, 0.6) is 5.88 Å². The topological polar surface area (TPSA) is 77.8 Å². The third-order valence-corrected chi connectivity index (χ3v) is 4.54. The van der Waals surface area contributed by atoms with Gasteiger partial charge in [-0.05, 0) is 30.3 Å². The average Bonchev–Trinajstić information content (AvgIpc) is 3.27. The average molecular weight is 465 g/mol. The molecular formula is C20H13ClF4N6O. The summed E-state index contributed by atoms with van der Waals surface area (Å²) < 4.78 is 58.8. The minimum Gasteiger partial charge on any atom is -0.481 e. The minimum atomic E-state index is -4.63. The molecule has 32 heavy (non-hydrogen) atoms. The number of anilines is 2. The summed E-state index contributed by atoms with van der Waals surface area (Å²) >= 11 is 5.79. The fourth-order valence-electron chi connectivity index (χ4n) is 2.76. The van der Waals surface area contributed by atoms with Gasteiger partial charge in [0.1, 0.15) is 5.82 Å². The van der Waals surface area contributed by atoms with Crippen LogP contribution in [0.15, 0.2) is 54.9 Å². The lowest BCUT2D eigenvalue weighted by Gasteiger charge is -2.12. The van der Waals surface area contributed by atoms with Crippen molar-refractivity contribution >= 4 is 23.2 Å². The molecule has 0 amide bonds. The summed E-state index contributed by atoms with van der Waals surface area (Å²) in [5.41, 5.74) is -0.0326. The van der Waals surface area contributed by atoms with Gasteiger partial charge < -0.3 is 10.1 Å². The van der Waals surface area contributed by atoms with E-state index in [0.29, 0.717) is 22.8 Å². The molecule has 4 rings (SSSR count). The predicted octanol–water partition coefficient (Wildman–Crippen LogP) is 5.29. The van der Waals surface area contributed by atoms with Gasteiger partial charge in [0, 0.05) is 24.1 Å². The van der Waals surface area contributed by atoms with Crippen molar-refractivity contribution in [3.8, 4) is 23.0 Å². The monoisotopic (exact) mass is 464 g/mol. The molecular weight excluding hydrogens is 452 g/mol. The van der Waals surface area contributed by atoms with Gasteiger partial charge in [0.25, 0.3) is 0 Å². The third kappa shape index (κ3) is 4.47. The van der Waals surface area contributed by atoms with Crippen molar-refractivity contribution < 1.29 is 22.3 Å². The Hall–Kier alpha value is -3.73. The first-order chi connectivity index (χ1) is 15.2. The largest absolute Gasteiger partial charge is 0.481 e. The molecule has 0 saturated carbocycles. The molecule has 164 valence electrons. The van der Waals surface area contributed by atoms with Gasteiger partial charge in [-0.25, -0.2) is 19.0 Å². The number of aromatic nitrogens is 5. The number of alkyl halides is 3. The quantitative estimate of drug-likeness (QED) is 0.404. The standard InChI is InChI=1S/C20H13ClF4N6O/c1-32-17-4-2-3-15(28-17)12-10-26-19(27-11-5-6-14(22)13(21)9-11)29-18(12)31-8-7-16(30-31)20(23,24)25/h2-10H,1H3,(H,26,27,29). The third-order valence-electron chi connectivity index (χ3n) is 4.25. The second kappa shape index (κ2) is 8.42. The zero-order chi connectivity index (χ0) is 22.9. The molecule has 1 N–H and O–H groups in total. The van der Waals surface area contributed by atoms with Crippen LogP contribution in [0.4, 0.5) is 29.2 Å². The van der Waals surface area contributed by atoms with Crippen LogP contribution in [-0.2, 0) is 6.18 Å². The predicted molar refractivity (Wildman–Crippen MR) is 109 cm³/mol. The summed E-state index contributed by atoms with van der Waals surface area (Å²) in [5.74, 6) is -0.243. The summed E-state index contributed by atoms with van der Waals surface area (Å²) in [6.07, 6.45) is -2.11. The van der Waals surface area contributed by atoms with E-state index in [9.17, 15) is 17.6 Å². The van der Waals surface area contributed by atoms with E-state index >= 15 is 0 Å². The van der Waals surface area contributed by atoms with E-state index in [1.807, 2.05) is 0 Å². The Balaban J connectivity index is 1.81. The van der Waals surface area contributed by atoms with Gasteiger partial charge in [-0.15, -0.1) is 0 Å². The smallest absolute Gasteiger partial charge is 0.435 e. The molecule has 7 nitrogen and oxygen atoms in total. The van der Waals surface area contributed by atoms with E-state index in [0.717, 1.165) is 23.0 Å². The lowest BCUT2D eigenvalue weighted by molar-refractivity contribution is -0.141. The van der Waals surface area contributed by atoms with E-state index in [1.54, 1.807) is 18.2 Å². The number of ether oxygens (including phenoxy) is 1. The van der Waals surface area contributed by atoms with E-state index in [2.05, 4.69) is 25.4 Å². The molecule has 1 aromatic carbocycles. The molecule has 0 aliphatic heterocycles. The van der Waals surface area contributed by atoms with Crippen molar-refractivity contribution in [1.82, 2.24) is 24.7 Å². The van der Waals surface area contributed by atoms with Crippen LogP contribution < -0.4 is 10.1 Å². The molecule has 0 aliphatic rings. The highest BCUT2D eigenvalue weighted by Crippen LogP contribution is 2.30. The van der Waals surface area contributed by atoms with Gasteiger partial charge >= 0.3 is 6.18 Å². The molecule has 0 aliphatic carbocycles. The van der Waals surface area contributed by atoms with Crippen molar-refractivity contribution in [3.63, 3.8) is 0 Å². The molecule has 0 fully saturated rings. The van der Waals surface area contributed by atoms with Crippen molar-refractivity contribution in [2.45, 2.75) is 6.18 Å². The Morgan fingerprint density at radius 2 is 1.91 bits per heavy atom. The van der Waals surface area contributed by atoms with Crippen LogP contribution in [0.2, 0.25) is 5.02 Å². The van der Waals surface area contributed by atoms with Gasteiger partial charge in [0.2, 0.25) is 11.8 Å². The van der Waals surface area contributed by atoms with E-state index in [4.69, 9.17) is 16.3 Å². The lowest BCUT2D eigenvalue weighted by Crippen LogP contribution is -2.10. The van der Waals surface area contributed by atoms with Gasteiger partial charge in [0.05, 0.1) is 23.4 Å². The molecule has 0 spiro atoms. The number of rotatable bonds is 5. The van der Waals surface area contributed by atoms with Crippen LogP contribution >= 0.6 is 11.6 Å². The zero-order valence-corrected chi connectivity index (χ0v) is 17.0. The highest BCUT2D eigenvalue weighted by molar-refractivity contribution is 6.31. The minimum absolute atomic E-state index is 0.0263. The fourth-order valence-corrected chi connectivity index (χ4v) is 2.94. The zero-order valence-electron chi connectivity index (χ0n) is 16.2. The van der Waals surface area contributed by atoms with Crippen LogP contribution in [0.25, 0.3) is 17.1 Å². The molecule has 0 radical (unpaired) electrons. The molecule has 0 bridgehead atoms. The highest BCUT2D eigenvalue weighted by Gasteiger charge is 2.34. The number of pyridine rings is 1. The van der Waals surface area contributed by atoms with Crippen molar-refractivity contribution in [2.75, 3.05) is 12.4 Å². The Bertz CT molecular complexity index is 1280. The lowest BCUT2D eigenvalue weighted by atomic mass is 10.2. The summed E-state index contributed by atoms with van der Waals surface area (Å²) in [4.78, 5) is 12.8. The second-order valence-electron chi connectivity index (χ2n) is 6.39. The summed E-state index contributed by atoms with van der Waals surface area (Å²) in [7, 11) is 1.44. The molecule has 0 unspecified atom stereocenters. The molecule has 0 saturated heterocycles. The summed E-state index contributed by atoms with van der Waals surface area (Å²) in [6.45, 7) is 0. The molecule has 3 aromatic heterocycles. The van der Waals surface area contributed by atoms with Crippen LogP contribution in [0, 0.1) is 5.82 Å². The summed E-state index contributed by atoms with van der Waals surface area (Å²) in [5, 5.41) is 6.32. The van der Waals surface area contributed by atoms with Crippen LogP contribution in [-0.4, -0.2) is 31.8 Å². The first-order valence-corrected chi connectivity index (χ1v) is 9.36. The number of benzene rings is 1. The van der Waals surface area contributed by atoms with Gasteiger partial charge in [-0.2, -0.15) is 23.3 Å². The molecule has 3 heterocycles. The maximum absolute atomic E-state index is 13.4. The number of nitrogens with one attached hydrogen (secondary N) is 1. The highest BCUT2D eigenvalue weighted by atomic mass is 35.5. The molecule has 0 atom stereocenters. The Morgan fingerprint density at radius 1 is 1.09 bits per heavy atom.